The van der Waals surface area contributed by atoms with Gasteiger partial charge < -0.3 is 10.2 Å². The molecule has 1 atom stereocenters. The van der Waals surface area contributed by atoms with E-state index in [1.165, 1.54) is 12.0 Å². The van der Waals surface area contributed by atoms with Gasteiger partial charge in [-0.25, -0.2) is 4.98 Å². The Balaban J connectivity index is 2.19. The van der Waals surface area contributed by atoms with E-state index in [-0.39, 0.29) is 11.9 Å². The molecule has 2 heterocycles. The molecule has 20 heavy (non-hydrogen) atoms. The molecule has 0 radical (unpaired) electrons. The number of carbonyl (C=O) groups is 1. The van der Waals surface area contributed by atoms with Crippen LogP contribution in [0.1, 0.15) is 57.6 Å². The molecule has 0 aliphatic carbocycles. The van der Waals surface area contributed by atoms with Crippen LogP contribution in [0.15, 0.2) is 18.3 Å². The summed E-state index contributed by atoms with van der Waals surface area (Å²) in [5.74, 6) is 1.11. The largest absolute Gasteiger partial charge is 0.370 e. The van der Waals surface area contributed by atoms with Crippen LogP contribution >= 0.6 is 0 Å². The van der Waals surface area contributed by atoms with E-state index >= 15 is 0 Å². The Morgan fingerprint density at radius 1 is 1.50 bits per heavy atom. The standard InChI is InChI=1S/C16H25N3O/c1-3-4-10-17-16-14(8-7-11-18-16)15-9-5-6-12-19(15)13(2)20/h7-8,11,15H,3-6,9-10,12H2,1-2H3,(H,17,18). The second-order valence-corrected chi connectivity index (χ2v) is 5.45. The zero-order chi connectivity index (χ0) is 14.4. The lowest BCUT2D eigenvalue weighted by Crippen LogP contribution is -2.37. The third-order valence-corrected chi connectivity index (χ3v) is 3.93. The van der Waals surface area contributed by atoms with Crippen molar-refractivity contribution in [2.24, 2.45) is 0 Å². The number of aromatic nitrogens is 1. The van der Waals surface area contributed by atoms with Crippen molar-refractivity contribution in [2.75, 3.05) is 18.4 Å². The van der Waals surface area contributed by atoms with Gasteiger partial charge in [0.2, 0.25) is 5.91 Å². The van der Waals surface area contributed by atoms with E-state index in [9.17, 15) is 4.79 Å². The average Bonchev–Trinajstić information content (AvgIpc) is 2.48. The zero-order valence-corrected chi connectivity index (χ0v) is 12.6. The Morgan fingerprint density at radius 3 is 3.10 bits per heavy atom. The number of unbranched alkanes of at least 4 members (excludes halogenated alkanes) is 1. The van der Waals surface area contributed by atoms with E-state index in [1.54, 1.807) is 6.92 Å². The van der Waals surface area contributed by atoms with Crippen LogP contribution in [-0.4, -0.2) is 28.9 Å². The normalized spacial score (nSPS) is 18.9. The Kier molecular flexibility index (Phi) is 5.39. The minimum absolute atomic E-state index is 0.165. The van der Waals surface area contributed by atoms with Crippen LogP contribution in [0.5, 0.6) is 0 Å². The van der Waals surface area contributed by atoms with Crippen molar-refractivity contribution in [3.63, 3.8) is 0 Å². The molecule has 0 saturated carbocycles. The molecule has 0 bridgehead atoms. The first-order chi connectivity index (χ1) is 9.74. The van der Waals surface area contributed by atoms with Gasteiger partial charge in [-0.05, 0) is 31.7 Å². The highest BCUT2D eigenvalue weighted by Crippen LogP contribution is 2.34. The number of anilines is 1. The number of amides is 1. The quantitative estimate of drug-likeness (QED) is 0.838. The summed E-state index contributed by atoms with van der Waals surface area (Å²) in [6, 6.07) is 4.25. The van der Waals surface area contributed by atoms with Crippen LogP contribution in [-0.2, 0) is 4.79 Å². The van der Waals surface area contributed by atoms with Crippen LogP contribution in [0.25, 0.3) is 0 Å². The molecule has 1 unspecified atom stereocenters. The summed E-state index contributed by atoms with van der Waals surface area (Å²) in [4.78, 5) is 18.3. The lowest BCUT2D eigenvalue weighted by Gasteiger charge is -2.36. The second-order valence-electron chi connectivity index (χ2n) is 5.45. The van der Waals surface area contributed by atoms with Gasteiger partial charge in [0.15, 0.2) is 0 Å². The van der Waals surface area contributed by atoms with Gasteiger partial charge >= 0.3 is 0 Å². The van der Waals surface area contributed by atoms with E-state index < -0.39 is 0 Å². The molecule has 1 saturated heterocycles. The fourth-order valence-electron chi connectivity index (χ4n) is 2.85. The Hall–Kier alpha value is -1.58. The summed E-state index contributed by atoms with van der Waals surface area (Å²) in [7, 11) is 0. The lowest BCUT2D eigenvalue weighted by atomic mass is 9.95. The van der Waals surface area contributed by atoms with E-state index in [2.05, 4.69) is 23.3 Å². The minimum atomic E-state index is 0.165. The molecule has 2 rings (SSSR count). The third-order valence-electron chi connectivity index (χ3n) is 3.93. The van der Waals surface area contributed by atoms with Gasteiger partial charge in [-0.1, -0.05) is 19.4 Å². The second kappa shape index (κ2) is 7.27. The first-order valence-electron chi connectivity index (χ1n) is 7.70. The smallest absolute Gasteiger partial charge is 0.219 e. The van der Waals surface area contributed by atoms with Crippen LogP contribution < -0.4 is 5.32 Å². The molecule has 0 aromatic carbocycles. The van der Waals surface area contributed by atoms with Crippen LogP contribution in [0, 0.1) is 0 Å². The van der Waals surface area contributed by atoms with E-state index in [1.807, 2.05) is 17.2 Å². The molecular weight excluding hydrogens is 250 g/mol. The molecule has 1 amide bonds. The Bertz CT molecular complexity index is 447. The maximum absolute atomic E-state index is 11.8. The molecule has 1 N–H and O–H groups in total. The summed E-state index contributed by atoms with van der Waals surface area (Å²) >= 11 is 0. The number of rotatable bonds is 5. The highest BCUT2D eigenvalue weighted by Gasteiger charge is 2.27. The fraction of sp³-hybridized carbons (Fsp3) is 0.625. The summed E-state index contributed by atoms with van der Waals surface area (Å²) in [5, 5.41) is 3.42. The van der Waals surface area contributed by atoms with E-state index in [0.29, 0.717) is 0 Å². The summed E-state index contributed by atoms with van der Waals surface area (Å²) in [6.45, 7) is 5.65. The highest BCUT2D eigenvalue weighted by molar-refractivity contribution is 5.74. The van der Waals surface area contributed by atoms with Crippen molar-refractivity contribution in [1.82, 2.24) is 9.88 Å². The van der Waals surface area contributed by atoms with Crippen LogP contribution in [0.4, 0.5) is 5.82 Å². The monoisotopic (exact) mass is 275 g/mol. The van der Waals surface area contributed by atoms with Gasteiger partial charge in [0.1, 0.15) is 5.82 Å². The summed E-state index contributed by atoms with van der Waals surface area (Å²) in [6.07, 6.45) is 7.44. The predicted octanol–water partition coefficient (Wildman–Crippen LogP) is 3.37. The molecule has 1 aliphatic rings. The first kappa shape index (κ1) is 14.8. The Labute approximate surface area is 121 Å². The predicted molar refractivity (Wildman–Crippen MR) is 81.6 cm³/mol. The minimum Gasteiger partial charge on any atom is -0.370 e. The zero-order valence-electron chi connectivity index (χ0n) is 12.6. The van der Waals surface area contributed by atoms with Crippen molar-refractivity contribution in [1.29, 1.82) is 0 Å². The topological polar surface area (TPSA) is 45.2 Å². The number of hydrogen-bond acceptors (Lipinski definition) is 3. The maximum Gasteiger partial charge on any atom is 0.219 e. The molecular formula is C16H25N3O. The van der Waals surface area contributed by atoms with Gasteiger partial charge in [0.05, 0.1) is 6.04 Å². The van der Waals surface area contributed by atoms with Crippen molar-refractivity contribution < 1.29 is 4.79 Å². The molecule has 1 aliphatic heterocycles. The molecule has 1 aromatic heterocycles. The van der Waals surface area contributed by atoms with Crippen LogP contribution in [0.2, 0.25) is 0 Å². The van der Waals surface area contributed by atoms with Crippen molar-refractivity contribution in [3.8, 4) is 0 Å². The molecule has 4 nitrogen and oxygen atoms in total. The van der Waals surface area contributed by atoms with E-state index in [4.69, 9.17) is 0 Å². The van der Waals surface area contributed by atoms with Crippen molar-refractivity contribution in [3.05, 3.63) is 23.9 Å². The highest BCUT2D eigenvalue weighted by atomic mass is 16.2. The maximum atomic E-state index is 11.8. The molecule has 4 heteroatoms. The third kappa shape index (κ3) is 3.50. The summed E-state index contributed by atoms with van der Waals surface area (Å²) in [5.41, 5.74) is 1.17. The molecule has 1 fully saturated rings. The number of likely N-dealkylation sites (tertiary alicyclic amines) is 1. The van der Waals surface area contributed by atoms with Gasteiger partial charge in [0.25, 0.3) is 0 Å². The molecule has 0 spiro atoms. The average molecular weight is 275 g/mol. The number of nitrogens with zero attached hydrogens (tertiary/aromatic N) is 2. The van der Waals surface area contributed by atoms with Gasteiger partial charge in [0, 0.05) is 31.8 Å². The number of piperidine rings is 1. The van der Waals surface area contributed by atoms with Crippen molar-refractivity contribution >= 4 is 11.7 Å². The Morgan fingerprint density at radius 2 is 2.35 bits per heavy atom. The van der Waals surface area contributed by atoms with Crippen molar-refractivity contribution in [2.45, 2.75) is 52.0 Å². The van der Waals surface area contributed by atoms with Crippen LogP contribution in [0.3, 0.4) is 0 Å². The fourth-order valence-corrected chi connectivity index (χ4v) is 2.85. The van der Waals surface area contributed by atoms with Gasteiger partial charge in [-0.2, -0.15) is 0 Å². The lowest BCUT2D eigenvalue weighted by molar-refractivity contribution is -0.132. The van der Waals surface area contributed by atoms with Gasteiger partial charge in [-0.15, -0.1) is 0 Å². The molecule has 110 valence electrons. The number of hydrogen-bond donors (Lipinski definition) is 1. The first-order valence-corrected chi connectivity index (χ1v) is 7.70. The molecule has 1 aromatic rings. The van der Waals surface area contributed by atoms with Gasteiger partial charge in [-0.3, -0.25) is 4.79 Å². The van der Waals surface area contributed by atoms with E-state index in [0.717, 1.165) is 44.6 Å². The number of nitrogens with one attached hydrogen (secondary N) is 1. The number of carbonyl (C=O) groups excluding carboxylic acids is 1. The SMILES string of the molecule is CCCCNc1ncccc1C1CCCCN1C(C)=O. The number of pyridine rings is 1. The summed E-state index contributed by atoms with van der Waals surface area (Å²) < 4.78 is 0.